The predicted molar refractivity (Wildman–Crippen MR) is 73.5 cm³/mol. The van der Waals surface area contributed by atoms with Crippen LogP contribution in [0.25, 0.3) is 0 Å². The van der Waals surface area contributed by atoms with E-state index in [1.807, 2.05) is 0 Å². The van der Waals surface area contributed by atoms with Crippen molar-refractivity contribution in [2.24, 2.45) is 0 Å². The van der Waals surface area contributed by atoms with E-state index in [1.54, 1.807) is 6.92 Å². The Kier molecular flexibility index (Phi) is 4.03. The summed E-state index contributed by atoms with van der Waals surface area (Å²) in [6, 6.07) is 4.01. The molecule has 106 valence electrons. The molecule has 0 aliphatic rings. The Balaban J connectivity index is 2.46. The van der Waals surface area contributed by atoms with E-state index in [0.29, 0.717) is 6.54 Å². The van der Waals surface area contributed by atoms with Crippen LogP contribution in [0.5, 0.6) is 11.6 Å². The molecule has 0 N–H and O–H groups in total. The van der Waals surface area contributed by atoms with Gasteiger partial charge in [-0.2, -0.15) is 5.10 Å². The predicted octanol–water partition coefficient (Wildman–Crippen LogP) is 3.81. The van der Waals surface area contributed by atoms with Crippen molar-refractivity contribution < 1.29 is 14.1 Å². The van der Waals surface area contributed by atoms with E-state index in [2.05, 4.69) is 21.0 Å². The summed E-state index contributed by atoms with van der Waals surface area (Å²) in [6.45, 7) is 3.76. The molecule has 20 heavy (non-hydrogen) atoms. The number of aromatic nitrogens is 2. The number of hydrogen-bond acceptors (Lipinski definition) is 4. The highest BCUT2D eigenvalue weighted by molar-refractivity contribution is 9.10. The van der Waals surface area contributed by atoms with Crippen LogP contribution >= 0.6 is 15.9 Å². The quantitative estimate of drug-likeness (QED) is 0.625. The Bertz CT molecular complexity index is 672. The normalized spacial score (nSPS) is 10.6. The third kappa shape index (κ3) is 2.64. The second-order valence-electron chi connectivity index (χ2n) is 3.99. The van der Waals surface area contributed by atoms with Crippen LogP contribution in [0, 0.1) is 22.9 Å². The van der Waals surface area contributed by atoms with E-state index in [4.69, 9.17) is 4.74 Å². The first kappa shape index (κ1) is 14.4. The molecular weight excluding hydrogens is 333 g/mol. The molecule has 0 saturated carbocycles. The second kappa shape index (κ2) is 5.58. The Hall–Kier alpha value is -1.96. The van der Waals surface area contributed by atoms with Crippen molar-refractivity contribution in [2.75, 3.05) is 0 Å². The fraction of sp³-hybridized carbons (Fsp3) is 0.250. The SMILES string of the molecule is CCn1nc(C)c([N+](=O)[O-])c1Oc1ccc(F)c(Br)c1. The average molecular weight is 344 g/mol. The lowest BCUT2D eigenvalue weighted by atomic mass is 10.3. The maximum absolute atomic E-state index is 13.2. The van der Waals surface area contributed by atoms with Gasteiger partial charge in [-0.15, -0.1) is 0 Å². The Morgan fingerprint density at radius 3 is 2.80 bits per heavy atom. The molecule has 0 aliphatic carbocycles. The van der Waals surface area contributed by atoms with Crippen LogP contribution in [0.3, 0.4) is 0 Å². The summed E-state index contributed by atoms with van der Waals surface area (Å²) < 4.78 is 20.3. The van der Waals surface area contributed by atoms with Gasteiger partial charge in [-0.25, -0.2) is 9.07 Å². The van der Waals surface area contributed by atoms with Gasteiger partial charge < -0.3 is 4.74 Å². The molecule has 0 amide bonds. The highest BCUT2D eigenvalue weighted by Gasteiger charge is 2.27. The molecule has 0 atom stereocenters. The number of ether oxygens (including phenoxy) is 1. The van der Waals surface area contributed by atoms with Gasteiger partial charge in [-0.1, -0.05) is 0 Å². The summed E-state index contributed by atoms with van der Waals surface area (Å²) in [5.41, 5.74) is 0.0836. The van der Waals surface area contributed by atoms with E-state index >= 15 is 0 Å². The van der Waals surface area contributed by atoms with Gasteiger partial charge in [0.05, 0.1) is 9.40 Å². The van der Waals surface area contributed by atoms with Crippen molar-refractivity contribution in [3.05, 3.63) is 44.3 Å². The van der Waals surface area contributed by atoms with Gasteiger partial charge in [-0.05, 0) is 48.0 Å². The largest absolute Gasteiger partial charge is 0.434 e. The first-order chi connectivity index (χ1) is 9.43. The Morgan fingerprint density at radius 1 is 1.55 bits per heavy atom. The molecule has 0 spiro atoms. The molecule has 2 rings (SSSR count). The van der Waals surface area contributed by atoms with Crippen LogP contribution in [0.2, 0.25) is 0 Å². The summed E-state index contributed by atoms with van der Waals surface area (Å²) in [6.07, 6.45) is 0. The zero-order valence-corrected chi connectivity index (χ0v) is 12.3. The molecule has 1 aromatic carbocycles. The fourth-order valence-corrected chi connectivity index (χ4v) is 2.09. The monoisotopic (exact) mass is 343 g/mol. The summed E-state index contributed by atoms with van der Waals surface area (Å²) in [5, 5.41) is 15.1. The smallest absolute Gasteiger partial charge is 0.353 e. The van der Waals surface area contributed by atoms with Crippen LogP contribution in [-0.2, 0) is 6.54 Å². The maximum atomic E-state index is 13.2. The molecule has 0 bridgehead atoms. The van der Waals surface area contributed by atoms with Crippen LogP contribution in [0.4, 0.5) is 10.1 Å². The van der Waals surface area contributed by atoms with E-state index in [9.17, 15) is 14.5 Å². The van der Waals surface area contributed by atoms with Crippen LogP contribution in [0.1, 0.15) is 12.6 Å². The van der Waals surface area contributed by atoms with Gasteiger partial charge in [0.1, 0.15) is 17.3 Å². The number of nitro groups is 1. The third-order valence-electron chi connectivity index (χ3n) is 2.64. The number of benzene rings is 1. The van der Waals surface area contributed by atoms with Crippen molar-refractivity contribution in [3.63, 3.8) is 0 Å². The van der Waals surface area contributed by atoms with Gasteiger partial charge in [0.15, 0.2) is 0 Å². The van der Waals surface area contributed by atoms with Crippen molar-refractivity contribution in [1.82, 2.24) is 9.78 Å². The zero-order chi connectivity index (χ0) is 14.9. The van der Waals surface area contributed by atoms with Gasteiger partial charge >= 0.3 is 5.69 Å². The molecule has 0 unspecified atom stereocenters. The number of nitrogens with zero attached hydrogens (tertiary/aromatic N) is 3. The van der Waals surface area contributed by atoms with Crippen LogP contribution in [0.15, 0.2) is 22.7 Å². The van der Waals surface area contributed by atoms with Crippen molar-refractivity contribution in [2.45, 2.75) is 20.4 Å². The number of halogens is 2. The van der Waals surface area contributed by atoms with E-state index < -0.39 is 10.7 Å². The summed E-state index contributed by atoms with van der Waals surface area (Å²) in [7, 11) is 0. The summed E-state index contributed by atoms with van der Waals surface area (Å²) in [5.74, 6) is -0.114. The molecule has 0 fully saturated rings. The van der Waals surface area contributed by atoms with Gasteiger partial charge in [0.2, 0.25) is 0 Å². The lowest BCUT2D eigenvalue weighted by molar-refractivity contribution is -0.386. The van der Waals surface area contributed by atoms with Crippen LogP contribution < -0.4 is 4.74 Å². The van der Waals surface area contributed by atoms with Crippen molar-refractivity contribution in [3.8, 4) is 11.6 Å². The molecule has 0 radical (unpaired) electrons. The van der Waals surface area contributed by atoms with Crippen LogP contribution in [-0.4, -0.2) is 14.7 Å². The molecule has 2 aromatic rings. The maximum Gasteiger partial charge on any atom is 0.353 e. The van der Waals surface area contributed by atoms with E-state index in [0.717, 1.165) is 0 Å². The molecule has 0 aliphatic heterocycles. The minimum atomic E-state index is -0.539. The lowest BCUT2D eigenvalue weighted by Gasteiger charge is -2.07. The number of hydrogen-bond donors (Lipinski definition) is 0. The standard InChI is InChI=1S/C12H11BrFN3O3/c1-3-16-12(11(17(18)19)7(2)15-16)20-8-4-5-10(14)9(13)6-8/h4-6H,3H2,1-2H3. The zero-order valence-electron chi connectivity index (χ0n) is 10.8. The highest BCUT2D eigenvalue weighted by Crippen LogP contribution is 2.35. The number of rotatable bonds is 4. The highest BCUT2D eigenvalue weighted by atomic mass is 79.9. The van der Waals surface area contributed by atoms with Gasteiger partial charge in [0, 0.05) is 6.54 Å². The lowest BCUT2D eigenvalue weighted by Crippen LogP contribution is -2.01. The van der Waals surface area contributed by atoms with Crippen molar-refractivity contribution in [1.29, 1.82) is 0 Å². The summed E-state index contributed by atoms with van der Waals surface area (Å²) >= 11 is 3.04. The van der Waals surface area contributed by atoms with E-state index in [1.165, 1.54) is 29.8 Å². The number of aryl methyl sites for hydroxylation is 2. The second-order valence-corrected chi connectivity index (χ2v) is 4.84. The minimum Gasteiger partial charge on any atom is -0.434 e. The fourth-order valence-electron chi connectivity index (χ4n) is 1.73. The molecular formula is C12H11BrFN3O3. The van der Waals surface area contributed by atoms with Gasteiger partial charge in [-0.3, -0.25) is 10.1 Å². The first-order valence-corrected chi connectivity index (χ1v) is 6.58. The van der Waals surface area contributed by atoms with Crippen molar-refractivity contribution >= 4 is 21.6 Å². The Morgan fingerprint density at radius 2 is 2.25 bits per heavy atom. The van der Waals surface area contributed by atoms with E-state index in [-0.39, 0.29) is 27.5 Å². The topological polar surface area (TPSA) is 70.2 Å². The molecule has 0 saturated heterocycles. The molecule has 6 nitrogen and oxygen atoms in total. The molecule has 1 heterocycles. The van der Waals surface area contributed by atoms with Gasteiger partial charge in [0.25, 0.3) is 5.88 Å². The Labute approximate surface area is 122 Å². The third-order valence-corrected chi connectivity index (χ3v) is 3.25. The molecule has 1 aromatic heterocycles. The average Bonchev–Trinajstić information content (AvgIpc) is 2.70. The first-order valence-electron chi connectivity index (χ1n) is 5.78. The summed E-state index contributed by atoms with van der Waals surface area (Å²) in [4.78, 5) is 10.5. The minimum absolute atomic E-state index is 0.0357. The molecule has 8 heteroatoms.